The largest absolute Gasteiger partial charge is 0.370 e. The highest BCUT2D eigenvalue weighted by atomic mass is 32.2. The van der Waals surface area contributed by atoms with Gasteiger partial charge in [0.25, 0.3) is 5.91 Å². The second-order valence-electron chi connectivity index (χ2n) is 4.72. The zero-order chi connectivity index (χ0) is 16.7. The van der Waals surface area contributed by atoms with Gasteiger partial charge in [-0.3, -0.25) is 14.4 Å². The maximum Gasteiger partial charge on any atom is 0.252 e. The Balaban J connectivity index is 2.09. The third kappa shape index (κ3) is 4.96. The summed E-state index contributed by atoms with van der Waals surface area (Å²) in [5.41, 5.74) is 6.00. The molecule has 0 aliphatic heterocycles. The van der Waals surface area contributed by atoms with Gasteiger partial charge in [0.1, 0.15) is 0 Å². The molecule has 2 rings (SSSR count). The van der Waals surface area contributed by atoms with Crippen LogP contribution in [0.4, 0.5) is 0 Å². The van der Waals surface area contributed by atoms with Crippen LogP contribution in [0.3, 0.4) is 0 Å². The quantitative estimate of drug-likeness (QED) is 0.796. The maximum absolute atomic E-state index is 12.3. The Labute approximate surface area is 138 Å². The molecule has 0 aliphatic rings. The van der Waals surface area contributed by atoms with Crippen LogP contribution in [0.1, 0.15) is 27.1 Å². The van der Waals surface area contributed by atoms with Crippen LogP contribution in [0.2, 0.25) is 0 Å². The normalized spacial score (nSPS) is 10.1. The highest BCUT2D eigenvalue weighted by Crippen LogP contribution is 2.26. The number of primary amides is 1. The summed E-state index contributed by atoms with van der Waals surface area (Å²) in [6.07, 6.45) is 0.0734. The number of nitrogens with two attached hydrogens (primary N) is 1. The van der Waals surface area contributed by atoms with E-state index in [1.807, 2.05) is 6.07 Å². The average molecular weight is 328 g/mol. The molecule has 2 aromatic carbocycles. The molecule has 0 unspecified atom stereocenters. The molecule has 0 saturated heterocycles. The summed E-state index contributed by atoms with van der Waals surface area (Å²) in [5, 5.41) is 2.48. The minimum absolute atomic E-state index is 0.0734. The van der Waals surface area contributed by atoms with Gasteiger partial charge in [-0.2, -0.15) is 0 Å². The monoisotopic (exact) mass is 328 g/mol. The Morgan fingerprint density at radius 3 is 2.30 bits per heavy atom. The van der Waals surface area contributed by atoms with Crippen LogP contribution in [0.25, 0.3) is 0 Å². The zero-order valence-electron chi connectivity index (χ0n) is 12.3. The zero-order valence-corrected chi connectivity index (χ0v) is 13.1. The van der Waals surface area contributed by atoms with Gasteiger partial charge in [-0.1, -0.05) is 42.5 Å². The molecule has 0 saturated carbocycles. The van der Waals surface area contributed by atoms with Gasteiger partial charge in [-0.15, -0.1) is 0 Å². The molecule has 2 aromatic rings. The molecule has 6 heteroatoms. The number of amides is 2. The van der Waals surface area contributed by atoms with Gasteiger partial charge >= 0.3 is 0 Å². The molecule has 0 radical (unpaired) electrons. The summed E-state index contributed by atoms with van der Waals surface area (Å²) in [6, 6.07) is 15.7. The molecular weight excluding hydrogens is 312 g/mol. The highest BCUT2D eigenvalue weighted by Gasteiger charge is 2.15. The summed E-state index contributed by atoms with van der Waals surface area (Å²) < 4.78 is 0. The number of benzene rings is 2. The van der Waals surface area contributed by atoms with Crippen molar-refractivity contribution in [2.24, 2.45) is 5.73 Å². The lowest BCUT2D eigenvalue weighted by Gasteiger charge is -2.09. The first-order chi connectivity index (χ1) is 11.1. The molecule has 3 N–H and O–H groups in total. The standard InChI is InChI=1S/C17H16N2O3S/c18-15(20)10-11-19-16(21)13-8-4-5-9-14(13)23-17(22)12-6-2-1-3-7-12/h1-9H,10-11H2,(H2,18,20)(H,19,21). The molecule has 118 valence electrons. The second kappa shape index (κ2) is 8.14. The minimum Gasteiger partial charge on any atom is -0.370 e. The van der Waals surface area contributed by atoms with Crippen LogP contribution in [0, 0.1) is 0 Å². The molecule has 0 atom stereocenters. The van der Waals surface area contributed by atoms with Crippen molar-refractivity contribution in [2.45, 2.75) is 11.3 Å². The number of carbonyl (C=O) groups is 3. The van der Waals surface area contributed by atoms with E-state index >= 15 is 0 Å². The Kier molecular flexibility index (Phi) is 5.94. The van der Waals surface area contributed by atoms with Gasteiger partial charge in [0, 0.05) is 23.4 Å². The van der Waals surface area contributed by atoms with Crippen LogP contribution < -0.4 is 11.1 Å². The summed E-state index contributed by atoms with van der Waals surface area (Å²) in [4.78, 5) is 35.7. The van der Waals surface area contributed by atoms with Crippen molar-refractivity contribution in [3.63, 3.8) is 0 Å². The molecule has 0 spiro atoms. The van der Waals surface area contributed by atoms with E-state index in [2.05, 4.69) is 5.32 Å². The van der Waals surface area contributed by atoms with Gasteiger partial charge in [0.15, 0.2) is 0 Å². The third-order valence-corrected chi connectivity index (χ3v) is 4.00. The molecule has 0 aromatic heterocycles. The Bertz CT molecular complexity index is 717. The topological polar surface area (TPSA) is 89.3 Å². The van der Waals surface area contributed by atoms with E-state index in [-0.39, 0.29) is 24.0 Å². The van der Waals surface area contributed by atoms with Crippen molar-refractivity contribution in [1.82, 2.24) is 5.32 Å². The highest BCUT2D eigenvalue weighted by molar-refractivity contribution is 8.14. The molecule has 0 aliphatic carbocycles. The van der Waals surface area contributed by atoms with Crippen molar-refractivity contribution in [3.8, 4) is 0 Å². The first-order valence-electron chi connectivity index (χ1n) is 7.00. The van der Waals surface area contributed by atoms with Crippen molar-refractivity contribution >= 4 is 28.7 Å². The van der Waals surface area contributed by atoms with E-state index in [4.69, 9.17) is 5.73 Å². The van der Waals surface area contributed by atoms with Crippen molar-refractivity contribution in [3.05, 3.63) is 65.7 Å². The van der Waals surface area contributed by atoms with Crippen molar-refractivity contribution < 1.29 is 14.4 Å². The smallest absolute Gasteiger partial charge is 0.252 e. The van der Waals surface area contributed by atoms with E-state index in [9.17, 15) is 14.4 Å². The summed E-state index contributed by atoms with van der Waals surface area (Å²) >= 11 is 1.00. The first-order valence-corrected chi connectivity index (χ1v) is 7.82. The number of hydrogen-bond donors (Lipinski definition) is 2. The second-order valence-corrected chi connectivity index (χ2v) is 5.74. The van der Waals surface area contributed by atoms with E-state index in [1.54, 1.807) is 48.5 Å². The number of carbonyl (C=O) groups excluding carboxylic acids is 3. The molecule has 0 bridgehead atoms. The summed E-state index contributed by atoms with van der Waals surface area (Å²) in [5.74, 6) is -0.817. The lowest BCUT2D eigenvalue weighted by atomic mass is 10.2. The predicted octanol–water partition coefficient (Wildman–Crippen LogP) is 2.22. The van der Waals surface area contributed by atoms with E-state index in [0.717, 1.165) is 11.8 Å². The SMILES string of the molecule is NC(=O)CCNC(=O)c1ccccc1SC(=O)c1ccccc1. The van der Waals surface area contributed by atoms with Gasteiger partial charge in [-0.25, -0.2) is 0 Å². The molecule has 5 nitrogen and oxygen atoms in total. The Morgan fingerprint density at radius 1 is 0.957 bits per heavy atom. The average Bonchev–Trinajstić information content (AvgIpc) is 2.55. The van der Waals surface area contributed by atoms with Crippen LogP contribution in [-0.2, 0) is 4.79 Å². The fourth-order valence-corrected chi connectivity index (χ4v) is 2.74. The van der Waals surface area contributed by atoms with Gasteiger partial charge in [0.05, 0.1) is 5.56 Å². The third-order valence-electron chi connectivity index (χ3n) is 3.00. The van der Waals surface area contributed by atoms with E-state index < -0.39 is 5.91 Å². The first kappa shape index (κ1) is 16.8. The number of hydrogen-bond acceptors (Lipinski definition) is 4. The molecule has 2 amide bonds. The molecule has 0 fully saturated rings. The summed E-state index contributed by atoms with van der Waals surface area (Å²) in [7, 11) is 0. The van der Waals surface area contributed by atoms with Gasteiger partial charge in [-0.05, 0) is 23.9 Å². The lowest BCUT2D eigenvalue weighted by Crippen LogP contribution is -2.28. The Hall–Kier alpha value is -2.60. The van der Waals surface area contributed by atoms with Crippen LogP contribution in [-0.4, -0.2) is 23.5 Å². The van der Waals surface area contributed by atoms with E-state index in [0.29, 0.717) is 16.0 Å². The van der Waals surface area contributed by atoms with Gasteiger partial charge < -0.3 is 11.1 Å². The van der Waals surface area contributed by atoms with Crippen LogP contribution in [0.5, 0.6) is 0 Å². The fourth-order valence-electron chi connectivity index (χ4n) is 1.87. The number of nitrogens with one attached hydrogen (secondary N) is 1. The minimum atomic E-state index is -0.479. The Morgan fingerprint density at radius 2 is 1.61 bits per heavy atom. The van der Waals surface area contributed by atoms with Crippen LogP contribution in [0.15, 0.2) is 59.5 Å². The molecule has 0 heterocycles. The summed E-state index contributed by atoms with van der Waals surface area (Å²) in [6.45, 7) is 0.166. The van der Waals surface area contributed by atoms with Crippen molar-refractivity contribution in [1.29, 1.82) is 0 Å². The van der Waals surface area contributed by atoms with E-state index in [1.165, 1.54) is 0 Å². The lowest BCUT2D eigenvalue weighted by molar-refractivity contribution is -0.117. The predicted molar refractivity (Wildman–Crippen MR) is 89.2 cm³/mol. The molecular formula is C17H16N2O3S. The number of rotatable bonds is 6. The fraction of sp³-hybridized carbons (Fsp3) is 0.118. The molecule has 23 heavy (non-hydrogen) atoms. The maximum atomic E-state index is 12.3. The number of thioether (sulfide) groups is 1. The van der Waals surface area contributed by atoms with Crippen LogP contribution >= 0.6 is 11.8 Å². The van der Waals surface area contributed by atoms with Gasteiger partial charge in [0.2, 0.25) is 11.0 Å². The van der Waals surface area contributed by atoms with Crippen molar-refractivity contribution in [2.75, 3.05) is 6.54 Å².